The number of ketones is 1. The van der Waals surface area contributed by atoms with Crippen LogP contribution in [0.3, 0.4) is 0 Å². The second-order valence-electron chi connectivity index (χ2n) is 10.7. The number of Topliss-reactive ketones (excluding diaryl/α,β-unsaturated/α-hetero) is 1. The number of hydrogen-bond donors (Lipinski definition) is 0. The van der Waals surface area contributed by atoms with Crippen molar-refractivity contribution in [2.75, 3.05) is 7.11 Å². The molecule has 4 heteroatoms. The lowest BCUT2D eigenvalue weighted by Crippen LogP contribution is -2.13. The zero-order chi connectivity index (χ0) is 25.2. The first-order chi connectivity index (χ1) is 16.7. The second-order valence-corrected chi connectivity index (χ2v) is 10.7. The molecule has 1 aliphatic rings. The van der Waals surface area contributed by atoms with E-state index in [4.69, 9.17) is 9.47 Å². The normalized spacial score (nSPS) is 14.5. The summed E-state index contributed by atoms with van der Waals surface area (Å²) >= 11 is 0. The highest BCUT2D eigenvalue weighted by atomic mass is 19.1. The third kappa shape index (κ3) is 6.11. The van der Waals surface area contributed by atoms with Gasteiger partial charge in [-0.25, -0.2) is 4.39 Å². The molecule has 35 heavy (non-hydrogen) atoms. The van der Waals surface area contributed by atoms with Crippen molar-refractivity contribution in [2.45, 2.75) is 64.9 Å². The fourth-order valence-electron chi connectivity index (χ4n) is 4.74. The van der Waals surface area contributed by atoms with Crippen LogP contribution >= 0.6 is 0 Å². The maximum absolute atomic E-state index is 14.9. The molecule has 0 N–H and O–H groups in total. The number of halogens is 1. The molecule has 0 saturated heterocycles. The summed E-state index contributed by atoms with van der Waals surface area (Å²) in [6.07, 6.45) is 3.02. The Balaban J connectivity index is 1.55. The number of methoxy groups -OCH3 is 1. The van der Waals surface area contributed by atoms with Gasteiger partial charge in [-0.05, 0) is 95.7 Å². The zero-order valence-electron chi connectivity index (χ0n) is 21.4. The highest BCUT2D eigenvalue weighted by Crippen LogP contribution is 2.45. The van der Waals surface area contributed by atoms with Crippen LogP contribution in [0, 0.1) is 11.7 Å². The van der Waals surface area contributed by atoms with Crippen molar-refractivity contribution < 1.29 is 18.7 Å². The summed E-state index contributed by atoms with van der Waals surface area (Å²) in [5.74, 6) is 2.30. The van der Waals surface area contributed by atoms with Crippen LogP contribution in [0.2, 0.25) is 0 Å². The first-order valence-corrected chi connectivity index (χ1v) is 12.3. The third-order valence-electron chi connectivity index (χ3n) is 6.77. The quantitative estimate of drug-likeness (QED) is 0.317. The van der Waals surface area contributed by atoms with Crippen molar-refractivity contribution >= 4 is 5.78 Å². The lowest BCUT2D eigenvalue weighted by Gasteiger charge is -2.24. The van der Waals surface area contributed by atoms with E-state index in [-0.39, 0.29) is 17.0 Å². The van der Waals surface area contributed by atoms with E-state index in [1.165, 1.54) is 24.5 Å². The summed E-state index contributed by atoms with van der Waals surface area (Å²) in [6.45, 7) is 8.43. The first-order valence-electron chi connectivity index (χ1n) is 12.3. The van der Waals surface area contributed by atoms with Gasteiger partial charge in [0.1, 0.15) is 29.7 Å². The van der Waals surface area contributed by atoms with E-state index in [2.05, 4.69) is 39.0 Å². The summed E-state index contributed by atoms with van der Waals surface area (Å²) in [5.41, 5.74) is 4.46. The van der Waals surface area contributed by atoms with Crippen LogP contribution in [-0.2, 0) is 16.8 Å². The summed E-state index contributed by atoms with van der Waals surface area (Å²) in [6, 6.07) is 19.1. The molecule has 0 radical (unpaired) electrons. The average molecular weight is 475 g/mol. The summed E-state index contributed by atoms with van der Waals surface area (Å²) in [7, 11) is 1.59. The second kappa shape index (κ2) is 10.2. The van der Waals surface area contributed by atoms with Gasteiger partial charge in [0.25, 0.3) is 0 Å². The van der Waals surface area contributed by atoms with E-state index in [1.807, 2.05) is 24.3 Å². The van der Waals surface area contributed by atoms with E-state index < -0.39 is 0 Å². The number of ether oxygens (including phenoxy) is 2. The van der Waals surface area contributed by atoms with Gasteiger partial charge in [0.2, 0.25) is 0 Å². The molecule has 1 atom stereocenters. The minimum Gasteiger partial charge on any atom is -0.497 e. The molecule has 3 nitrogen and oxygen atoms in total. The molecule has 4 rings (SSSR count). The van der Waals surface area contributed by atoms with Gasteiger partial charge in [0.15, 0.2) is 0 Å². The lowest BCUT2D eigenvalue weighted by atomic mass is 9.81. The maximum atomic E-state index is 14.9. The van der Waals surface area contributed by atoms with Gasteiger partial charge in [0, 0.05) is 12.0 Å². The largest absolute Gasteiger partial charge is 0.497 e. The van der Waals surface area contributed by atoms with Crippen LogP contribution in [0.25, 0.3) is 11.1 Å². The van der Waals surface area contributed by atoms with Crippen LogP contribution in [0.15, 0.2) is 60.7 Å². The molecule has 1 saturated carbocycles. The van der Waals surface area contributed by atoms with Gasteiger partial charge in [0.05, 0.1) is 7.11 Å². The SMILES string of the molecule is COc1ccc(F)c(-c2cc(COc3ccc(C(CC(C)=O)C4CC4)cc3)ccc2C(C)(C)C)c1. The van der Waals surface area contributed by atoms with Gasteiger partial charge >= 0.3 is 0 Å². The number of carbonyl (C=O) groups is 1. The molecule has 1 fully saturated rings. The fourth-order valence-corrected chi connectivity index (χ4v) is 4.74. The van der Waals surface area contributed by atoms with Gasteiger partial charge in [-0.3, -0.25) is 0 Å². The lowest BCUT2D eigenvalue weighted by molar-refractivity contribution is -0.117. The molecule has 0 heterocycles. The Kier molecular flexibility index (Phi) is 7.30. The molecule has 0 aromatic heterocycles. The third-order valence-corrected chi connectivity index (χ3v) is 6.77. The predicted molar refractivity (Wildman–Crippen MR) is 139 cm³/mol. The molecule has 3 aromatic carbocycles. The van der Waals surface area contributed by atoms with Crippen LogP contribution in [-0.4, -0.2) is 12.9 Å². The van der Waals surface area contributed by atoms with Crippen LogP contribution < -0.4 is 9.47 Å². The molecular weight excluding hydrogens is 439 g/mol. The Morgan fingerprint density at radius 3 is 2.26 bits per heavy atom. The smallest absolute Gasteiger partial charge is 0.131 e. The van der Waals surface area contributed by atoms with Gasteiger partial charge in [-0.1, -0.05) is 45.0 Å². The number of benzene rings is 3. The Morgan fingerprint density at radius 2 is 1.66 bits per heavy atom. The van der Waals surface area contributed by atoms with Gasteiger partial charge < -0.3 is 14.3 Å². The maximum Gasteiger partial charge on any atom is 0.131 e. The molecule has 1 aliphatic carbocycles. The number of carbonyl (C=O) groups excluding carboxylic acids is 1. The average Bonchev–Trinajstić information content (AvgIpc) is 3.66. The van der Waals surface area contributed by atoms with Crippen LogP contribution in [0.4, 0.5) is 4.39 Å². The number of hydrogen-bond acceptors (Lipinski definition) is 3. The molecule has 3 aromatic rings. The Bertz CT molecular complexity index is 1190. The molecule has 1 unspecified atom stereocenters. The molecule has 0 spiro atoms. The Morgan fingerprint density at radius 1 is 0.971 bits per heavy atom. The van der Waals surface area contributed by atoms with E-state index >= 15 is 0 Å². The van der Waals surface area contributed by atoms with Crippen molar-refractivity contribution in [2.24, 2.45) is 5.92 Å². The van der Waals surface area contributed by atoms with E-state index in [9.17, 15) is 9.18 Å². The molecule has 0 amide bonds. The van der Waals surface area contributed by atoms with E-state index in [0.29, 0.717) is 36.2 Å². The summed E-state index contributed by atoms with van der Waals surface area (Å²) < 4.78 is 26.3. The van der Waals surface area contributed by atoms with Crippen molar-refractivity contribution in [3.63, 3.8) is 0 Å². The van der Waals surface area contributed by atoms with Crippen molar-refractivity contribution in [3.8, 4) is 22.6 Å². The molecular formula is C31H35FO3. The highest BCUT2D eigenvalue weighted by Gasteiger charge is 2.32. The van der Waals surface area contributed by atoms with Crippen molar-refractivity contribution in [1.82, 2.24) is 0 Å². The summed E-state index contributed by atoms with van der Waals surface area (Å²) in [4.78, 5) is 11.7. The molecule has 0 bridgehead atoms. The van der Waals surface area contributed by atoms with Gasteiger partial charge in [-0.2, -0.15) is 0 Å². The fraction of sp³-hybridized carbons (Fsp3) is 0.387. The minimum absolute atomic E-state index is 0.155. The Labute approximate surface area is 208 Å². The van der Waals surface area contributed by atoms with Crippen molar-refractivity contribution in [3.05, 3.63) is 83.2 Å². The topological polar surface area (TPSA) is 35.5 Å². The minimum atomic E-state index is -0.277. The predicted octanol–water partition coefficient (Wildman–Crippen LogP) is 7.85. The van der Waals surface area contributed by atoms with Crippen LogP contribution in [0.5, 0.6) is 11.5 Å². The highest BCUT2D eigenvalue weighted by molar-refractivity contribution is 5.76. The van der Waals surface area contributed by atoms with Crippen molar-refractivity contribution in [1.29, 1.82) is 0 Å². The van der Waals surface area contributed by atoms with Gasteiger partial charge in [-0.15, -0.1) is 0 Å². The Hall–Kier alpha value is -3.14. The number of rotatable bonds is 9. The van der Waals surface area contributed by atoms with Crippen LogP contribution in [0.1, 0.15) is 69.6 Å². The summed E-state index contributed by atoms with van der Waals surface area (Å²) in [5, 5.41) is 0. The first kappa shape index (κ1) is 25.0. The monoisotopic (exact) mass is 474 g/mol. The molecule has 0 aliphatic heterocycles. The van der Waals surface area contributed by atoms with E-state index in [1.54, 1.807) is 26.2 Å². The standard InChI is InChI=1S/C31H35FO3/c1-20(33)16-26(22-7-8-22)23-9-11-24(12-10-23)35-19-21-6-14-29(31(2,3)4)27(17-21)28-18-25(34-5)13-15-30(28)32/h6,9-15,17-18,22,26H,7-8,16,19H2,1-5H3. The van der Waals surface area contributed by atoms with E-state index in [0.717, 1.165) is 22.4 Å². The zero-order valence-corrected chi connectivity index (χ0v) is 21.4. The molecule has 184 valence electrons.